The first-order chi connectivity index (χ1) is 16.1. The van der Waals surface area contributed by atoms with Crippen molar-refractivity contribution in [3.8, 4) is 17.4 Å². The summed E-state index contributed by atoms with van der Waals surface area (Å²) in [6.45, 7) is 4.93. The Hall–Kier alpha value is -3.16. The van der Waals surface area contributed by atoms with Crippen molar-refractivity contribution in [3.05, 3.63) is 83.8 Å². The molecule has 0 amide bonds. The van der Waals surface area contributed by atoms with Crippen LogP contribution in [0.3, 0.4) is 0 Å². The van der Waals surface area contributed by atoms with Crippen molar-refractivity contribution in [2.24, 2.45) is 0 Å². The normalized spacial score (nSPS) is 11.9. The van der Waals surface area contributed by atoms with E-state index in [9.17, 15) is 4.39 Å². The summed E-state index contributed by atoms with van der Waals surface area (Å²) >= 11 is 0. The highest BCUT2D eigenvalue weighted by atomic mass is 19.1. The minimum Gasteiger partial charge on any atom is -0.497 e. The highest BCUT2D eigenvalue weighted by molar-refractivity contribution is 5.28. The predicted molar refractivity (Wildman–Crippen MR) is 125 cm³/mol. The van der Waals surface area contributed by atoms with E-state index in [-0.39, 0.29) is 6.10 Å². The summed E-state index contributed by atoms with van der Waals surface area (Å²) in [5.41, 5.74) is 2.30. The number of halogens is 1. The van der Waals surface area contributed by atoms with Crippen molar-refractivity contribution >= 4 is 0 Å². The number of nitrogens with zero attached hydrogens (tertiary/aromatic N) is 2. The lowest BCUT2D eigenvalue weighted by Gasteiger charge is -2.28. The second-order valence-corrected chi connectivity index (χ2v) is 7.58. The van der Waals surface area contributed by atoms with E-state index in [4.69, 9.17) is 18.9 Å². The maximum Gasteiger partial charge on any atom is 0.213 e. The first kappa shape index (κ1) is 24.5. The largest absolute Gasteiger partial charge is 0.497 e. The quantitative estimate of drug-likeness (QED) is 0.372. The second-order valence-electron chi connectivity index (χ2n) is 7.58. The Bertz CT molecular complexity index is 900. The molecule has 3 rings (SSSR count). The van der Waals surface area contributed by atoms with Crippen LogP contribution >= 0.6 is 0 Å². The Morgan fingerprint density at radius 2 is 1.42 bits per heavy atom. The molecule has 0 aliphatic rings. The minimum absolute atomic E-state index is 0.278. The van der Waals surface area contributed by atoms with Gasteiger partial charge in [0.1, 0.15) is 23.4 Å². The molecule has 0 spiro atoms. The van der Waals surface area contributed by atoms with E-state index in [0.29, 0.717) is 38.7 Å². The lowest BCUT2D eigenvalue weighted by Crippen LogP contribution is -2.38. The number of benzene rings is 2. The van der Waals surface area contributed by atoms with Crippen LogP contribution in [0.25, 0.3) is 0 Å². The summed E-state index contributed by atoms with van der Waals surface area (Å²) in [5.74, 6) is 1.61. The molecule has 1 aromatic heterocycles. The Kier molecular flexibility index (Phi) is 9.47. The van der Waals surface area contributed by atoms with E-state index in [0.717, 1.165) is 28.8 Å². The van der Waals surface area contributed by atoms with Gasteiger partial charge in [-0.25, -0.2) is 9.37 Å². The average Bonchev–Trinajstić information content (AvgIpc) is 2.85. The molecule has 0 saturated heterocycles. The molecular formula is C26H31FN2O4. The number of aromatic nitrogens is 1. The lowest BCUT2D eigenvalue weighted by molar-refractivity contribution is 0.0294. The van der Waals surface area contributed by atoms with Gasteiger partial charge in [0, 0.05) is 32.3 Å². The summed E-state index contributed by atoms with van der Waals surface area (Å²) in [6.07, 6.45) is 0.874. The van der Waals surface area contributed by atoms with Crippen molar-refractivity contribution in [3.63, 3.8) is 0 Å². The van der Waals surface area contributed by atoms with Crippen LogP contribution < -0.4 is 14.2 Å². The van der Waals surface area contributed by atoms with Crippen LogP contribution in [0.4, 0.5) is 4.39 Å². The van der Waals surface area contributed by atoms with Crippen LogP contribution in [0.5, 0.6) is 17.4 Å². The topological polar surface area (TPSA) is 53.1 Å². The molecule has 0 bridgehead atoms. The highest BCUT2D eigenvalue weighted by Crippen LogP contribution is 2.18. The Balaban J connectivity index is 1.77. The second kappa shape index (κ2) is 12.8. The van der Waals surface area contributed by atoms with Crippen molar-refractivity contribution < 1.29 is 23.3 Å². The van der Waals surface area contributed by atoms with Gasteiger partial charge in [0.05, 0.1) is 27.0 Å². The predicted octanol–water partition coefficient (Wildman–Crippen LogP) is 4.72. The maximum absolute atomic E-state index is 13.3. The molecule has 2 aromatic carbocycles. The fraction of sp³-hybridized carbons (Fsp3) is 0.346. The molecule has 0 fully saturated rings. The molecule has 0 aliphatic carbocycles. The fourth-order valence-corrected chi connectivity index (χ4v) is 3.43. The zero-order valence-electron chi connectivity index (χ0n) is 19.4. The van der Waals surface area contributed by atoms with Crippen LogP contribution in [-0.4, -0.2) is 50.0 Å². The molecule has 0 aliphatic heterocycles. The van der Waals surface area contributed by atoms with Gasteiger partial charge in [-0.2, -0.15) is 0 Å². The van der Waals surface area contributed by atoms with E-state index in [1.165, 1.54) is 12.1 Å². The molecule has 1 unspecified atom stereocenters. The summed E-state index contributed by atoms with van der Waals surface area (Å²) in [7, 11) is 3.31. The number of rotatable bonds is 13. The van der Waals surface area contributed by atoms with Crippen molar-refractivity contribution in [2.75, 3.05) is 34.0 Å². The SMILES string of the molecule is CCOCC(CN(Cc1ccc(OC)cc1)Cc1ccc(OC)cc1)Oc1ccc(F)cn1. The molecule has 0 radical (unpaired) electrons. The zero-order valence-corrected chi connectivity index (χ0v) is 19.4. The summed E-state index contributed by atoms with van der Waals surface area (Å²) in [4.78, 5) is 6.33. The number of hydrogen-bond acceptors (Lipinski definition) is 6. The molecule has 0 N–H and O–H groups in total. The van der Waals surface area contributed by atoms with Crippen LogP contribution in [0.15, 0.2) is 66.9 Å². The van der Waals surface area contributed by atoms with Gasteiger partial charge in [0.15, 0.2) is 0 Å². The third kappa shape index (κ3) is 8.04. The van der Waals surface area contributed by atoms with Gasteiger partial charge in [-0.15, -0.1) is 0 Å². The van der Waals surface area contributed by atoms with Gasteiger partial charge in [-0.3, -0.25) is 4.90 Å². The van der Waals surface area contributed by atoms with Crippen molar-refractivity contribution in [1.82, 2.24) is 9.88 Å². The monoisotopic (exact) mass is 454 g/mol. The van der Waals surface area contributed by atoms with Crippen molar-refractivity contribution in [1.29, 1.82) is 0 Å². The van der Waals surface area contributed by atoms with E-state index in [2.05, 4.69) is 34.1 Å². The van der Waals surface area contributed by atoms with Crippen LogP contribution in [0.1, 0.15) is 18.1 Å². The highest BCUT2D eigenvalue weighted by Gasteiger charge is 2.18. The Morgan fingerprint density at radius 3 is 1.88 bits per heavy atom. The van der Waals surface area contributed by atoms with Gasteiger partial charge < -0.3 is 18.9 Å². The first-order valence-electron chi connectivity index (χ1n) is 10.9. The summed E-state index contributed by atoms with van der Waals surface area (Å²) < 4.78 is 35.6. The van der Waals surface area contributed by atoms with Gasteiger partial charge in [0.2, 0.25) is 5.88 Å². The van der Waals surface area contributed by atoms with Gasteiger partial charge in [0.25, 0.3) is 0 Å². The molecule has 3 aromatic rings. The molecule has 6 nitrogen and oxygen atoms in total. The fourth-order valence-electron chi connectivity index (χ4n) is 3.43. The van der Waals surface area contributed by atoms with Crippen LogP contribution in [-0.2, 0) is 17.8 Å². The number of pyridine rings is 1. The van der Waals surface area contributed by atoms with Crippen LogP contribution in [0, 0.1) is 5.82 Å². The first-order valence-corrected chi connectivity index (χ1v) is 10.9. The minimum atomic E-state index is -0.399. The van der Waals surface area contributed by atoms with Gasteiger partial charge in [-0.1, -0.05) is 24.3 Å². The molecular weight excluding hydrogens is 423 g/mol. The van der Waals surface area contributed by atoms with Gasteiger partial charge >= 0.3 is 0 Å². The molecule has 33 heavy (non-hydrogen) atoms. The molecule has 176 valence electrons. The van der Waals surface area contributed by atoms with E-state index < -0.39 is 5.82 Å². The Morgan fingerprint density at radius 1 is 0.848 bits per heavy atom. The molecule has 7 heteroatoms. The summed E-state index contributed by atoms with van der Waals surface area (Å²) in [6, 6.07) is 18.9. The Labute approximate surface area is 194 Å². The molecule has 0 saturated carbocycles. The zero-order chi connectivity index (χ0) is 23.5. The average molecular weight is 455 g/mol. The van der Waals surface area contributed by atoms with Crippen LogP contribution in [0.2, 0.25) is 0 Å². The third-order valence-electron chi connectivity index (χ3n) is 5.09. The number of hydrogen-bond donors (Lipinski definition) is 0. The maximum atomic E-state index is 13.3. The van der Waals surface area contributed by atoms with Crippen molar-refractivity contribution in [2.45, 2.75) is 26.1 Å². The third-order valence-corrected chi connectivity index (χ3v) is 5.09. The van der Waals surface area contributed by atoms with E-state index in [1.54, 1.807) is 14.2 Å². The summed E-state index contributed by atoms with van der Waals surface area (Å²) in [5, 5.41) is 0. The van der Waals surface area contributed by atoms with E-state index in [1.807, 2.05) is 31.2 Å². The number of methoxy groups -OCH3 is 2. The molecule has 1 atom stereocenters. The van der Waals surface area contributed by atoms with Gasteiger partial charge in [-0.05, 0) is 48.4 Å². The van der Waals surface area contributed by atoms with E-state index >= 15 is 0 Å². The smallest absolute Gasteiger partial charge is 0.213 e. The number of ether oxygens (including phenoxy) is 4. The lowest BCUT2D eigenvalue weighted by atomic mass is 10.1. The standard InChI is InChI=1S/C26H31FN2O4/c1-4-32-19-25(33-26-14-9-22(27)15-28-26)18-29(16-20-5-10-23(30-2)11-6-20)17-21-7-12-24(31-3)13-8-21/h5-15,25H,4,16-19H2,1-3H3. The molecule has 1 heterocycles.